The van der Waals surface area contributed by atoms with Crippen molar-refractivity contribution < 1.29 is 33.6 Å². The smallest absolute Gasteiger partial charge is 0.309 e. The van der Waals surface area contributed by atoms with Crippen molar-refractivity contribution in [3.8, 4) is 0 Å². The van der Waals surface area contributed by atoms with E-state index in [0.717, 1.165) is 25.7 Å². The summed E-state index contributed by atoms with van der Waals surface area (Å²) in [5.74, 6) is -0.938. The van der Waals surface area contributed by atoms with Crippen molar-refractivity contribution in [2.45, 2.75) is 68.7 Å². The Labute approximate surface area is 129 Å². The Bertz CT molecular complexity index is 393. The molecule has 4 atom stereocenters. The van der Waals surface area contributed by atoms with Crippen molar-refractivity contribution >= 4 is 5.97 Å². The Balaban J connectivity index is 1.60. The fourth-order valence-corrected chi connectivity index (χ4v) is 3.47. The minimum absolute atomic E-state index is 0.0521. The fraction of sp³-hybridized carbons (Fsp3) is 0.933. The van der Waals surface area contributed by atoms with Gasteiger partial charge in [0.05, 0.1) is 13.0 Å². The maximum atomic E-state index is 11.5. The molecule has 126 valence electrons. The molecule has 7 nitrogen and oxygen atoms in total. The Morgan fingerprint density at radius 1 is 1.36 bits per heavy atom. The van der Waals surface area contributed by atoms with Gasteiger partial charge in [-0.05, 0) is 12.8 Å². The highest BCUT2D eigenvalue weighted by molar-refractivity contribution is 5.72. The van der Waals surface area contributed by atoms with E-state index in [2.05, 4.69) is 0 Å². The number of hydrogen-bond donors (Lipinski definition) is 1. The fourth-order valence-electron chi connectivity index (χ4n) is 3.47. The Morgan fingerprint density at radius 2 is 2.14 bits per heavy atom. The number of hydrogen-bond acceptors (Lipinski definition) is 7. The van der Waals surface area contributed by atoms with Crippen LogP contribution < -0.4 is 0 Å². The van der Waals surface area contributed by atoms with Gasteiger partial charge in [0.15, 0.2) is 11.9 Å². The first kappa shape index (κ1) is 16.1. The van der Waals surface area contributed by atoms with Gasteiger partial charge < -0.3 is 28.8 Å². The van der Waals surface area contributed by atoms with E-state index in [1.807, 2.05) is 0 Å². The van der Waals surface area contributed by atoms with Crippen molar-refractivity contribution in [2.24, 2.45) is 0 Å². The highest BCUT2D eigenvalue weighted by atomic mass is 16.8. The van der Waals surface area contributed by atoms with Gasteiger partial charge in [0.1, 0.15) is 25.1 Å². The van der Waals surface area contributed by atoms with E-state index in [0.29, 0.717) is 6.61 Å². The number of rotatable bonds is 5. The molecule has 3 rings (SSSR count). The first-order valence-electron chi connectivity index (χ1n) is 7.93. The van der Waals surface area contributed by atoms with Crippen LogP contribution in [0.4, 0.5) is 0 Å². The van der Waals surface area contributed by atoms with Crippen LogP contribution in [-0.2, 0) is 28.5 Å². The molecular weight excluding hydrogens is 292 g/mol. The average molecular weight is 316 g/mol. The van der Waals surface area contributed by atoms with Gasteiger partial charge in [-0.3, -0.25) is 4.79 Å². The number of aliphatic hydroxyl groups is 1. The number of methoxy groups -OCH3 is 1. The molecule has 22 heavy (non-hydrogen) atoms. The van der Waals surface area contributed by atoms with Gasteiger partial charge in [0.2, 0.25) is 0 Å². The van der Waals surface area contributed by atoms with Crippen molar-refractivity contribution in [3.05, 3.63) is 0 Å². The summed E-state index contributed by atoms with van der Waals surface area (Å²) in [6, 6.07) is 0. The van der Waals surface area contributed by atoms with E-state index in [1.165, 1.54) is 13.5 Å². The van der Waals surface area contributed by atoms with Crippen LogP contribution in [0.1, 0.15) is 38.5 Å². The van der Waals surface area contributed by atoms with Crippen molar-refractivity contribution in [1.29, 1.82) is 0 Å². The maximum Gasteiger partial charge on any atom is 0.309 e. The molecule has 0 aromatic heterocycles. The van der Waals surface area contributed by atoms with E-state index in [4.69, 9.17) is 23.7 Å². The van der Waals surface area contributed by atoms with Crippen LogP contribution in [0.2, 0.25) is 0 Å². The van der Waals surface area contributed by atoms with Gasteiger partial charge in [0, 0.05) is 20.0 Å². The molecule has 1 saturated carbocycles. The second kappa shape index (κ2) is 6.80. The third-order valence-corrected chi connectivity index (χ3v) is 4.61. The first-order chi connectivity index (χ1) is 10.6. The molecule has 1 N–H and O–H groups in total. The van der Waals surface area contributed by atoms with Crippen LogP contribution in [0.15, 0.2) is 0 Å². The van der Waals surface area contributed by atoms with Crippen LogP contribution in [0, 0.1) is 0 Å². The van der Waals surface area contributed by atoms with Crippen molar-refractivity contribution in [1.82, 2.24) is 0 Å². The summed E-state index contributed by atoms with van der Waals surface area (Å²) in [5.41, 5.74) is 0. The SMILES string of the molecule is COCO[C@H]1CC(=O)O[C@H]1[C@H](O)[C@H]1COC2(CCCCC2)O1. The maximum absolute atomic E-state index is 11.5. The van der Waals surface area contributed by atoms with Gasteiger partial charge in [-0.1, -0.05) is 6.42 Å². The molecule has 0 aromatic carbocycles. The number of ether oxygens (including phenoxy) is 5. The zero-order valence-electron chi connectivity index (χ0n) is 12.9. The Morgan fingerprint density at radius 3 is 2.86 bits per heavy atom. The molecule has 2 saturated heterocycles. The number of esters is 1. The standard InChI is InChI=1S/C15H24O7/c1-18-9-19-10-7-12(16)21-14(10)13(17)11-8-20-15(22-11)5-3-2-4-6-15/h10-11,13-14,17H,2-9H2,1H3/t10-,11+,13+,14+/m0/s1. The lowest BCUT2D eigenvalue weighted by Gasteiger charge is -2.33. The first-order valence-corrected chi connectivity index (χ1v) is 7.93. The zero-order chi connectivity index (χ0) is 15.6. The van der Waals surface area contributed by atoms with E-state index >= 15 is 0 Å². The van der Waals surface area contributed by atoms with Gasteiger partial charge in [-0.25, -0.2) is 0 Å². The monoisotopic (exact) mass is 316 g/mol. The summed E-state index contributed by atoms with van der Waals surface area (Å²) in [5, 5.41) is 10.5. The molecule has 0 amide bonds. The summed E-state index contributed by atoms with van der Waals surface area (Å²) in [7, 11) is 1.50. The van der Waals surface area contributed by atoms with Crippen LogP contribution in [0.3, 0.4) is 0 Å². The quantitative estimate of drug-likeness (QED) is 0.591. The average Bonchev–Trinajstić information content (AvgIpc) is 3.09. The molecule has 1 spiro atoms. The van der Waals surface area contributed by atoms with Crippen LogP contribution in [0.25, 0.3) is 0 Å². The minimum Gasteiger partial charge on any atom is -0.457 e. The lowest BCUT2D eigenvalue weighted by atomic mass is 9.94. The molecule has 2 aliphatic heterocycles. The lowest BCUT2D eigenvalue weighted by Crippen LogP contribution is -2.46. The number of cyclic esters (lactones) is 1. The van der Waals surface area contributed by atoms with E-state index in [9.17, 15) is 9.90 Å². The molecule has 3 aliphatic rings. The van der Waals surface area contributed by atoms with Gasteiger partial charge in [-0.2, -0.15) is 0 Å². The summed E-state index contributed by atoms with van der Waals surface area (Å²) in [6.07, 6.45) is 2.43. The summed E-state index contributed by atoms with van der Waals surface area (Å²) >= 11 is 0. The van der Waals surface area contributed by atoms with Crippen LogP contribution in [-0.4, -0.2) is 61.8 Å². The predicted molar refractivity (Wildman–Crippen MR) is 73.9 cm³/mol. The Kier molecular flexibility index (Phi) is 4.99. The molecule has 7 heteroatoms. The second-order valence-corrected chi connectivity index (χ2v) is 6.20. The van der Waals surface area contributed by atoms with E-state index in [-0.39, 0.29) is 19.2 Å². The molecule has 1 aliphatic carbocycles. The molecule has 2 heterocycles. The number of aliphatic hydroxyl groups excluding tert-OH is 1. The third-order valence-electron chi connectivity index (χ3n) is 4.61. The van der Waals surface area contributed by atoms with Crippen molar-refractivity contribution in [3.63, 3.8) is 0 Å². The van der Waals surface area contributed by atoms with Gasteiger partial charge in [-0.15, -0.1) is 0 Å². The second-order valence-electron chi connectivity index (χ2n) is 6.20. The summed E-state index contributed by atoms with van der Waals surface area (Å²) in [4.78, 5) is 11.5. The summed E-state index contributed by atoms with van der Waals surface area (Å²) in [6.45, 7) is 0.364. The third kappa shape index (κ3) is 3.28. The molecule has 0 bridgehead atoms. The number of carbonyl (C=O) groups excluding carboxylic acids is 1. The van der Waals surface area contributed by atoms with Gasteiger partial charge in [0.25, 0.3) is 0 Å². The summed E-state index contributed by atoms with van der Waals surface area (Å²) < 4.78 is 27.3. The number of carbonyl (C=O) groups is 1. The van der Waals surface area contributed by atoms with Crippen LogP contribution in [0.5, 0.6) is 0 Å². The molecule has 0 aromatic rings. The van der Waals surface area contributed by atoms with Gasteiger partial charge >= 0.3 is 5.97 Å². The highest BCUT2D eigenvalue weighted by Gasteiger charge is 2.50. The minimum atomic E-state index is -0.963. The van der Waals surface area contributed by atoms with Crippen molar-refractivity contribution in [2.75, 3.05) is 20.5 Å². The highest BCUT2D eigenvalue weighted by Crippen LogP contribution is 2.39. The van der Waals surface area contributed by atoms with E-state index < -0.39 is 30.2 Å². The normalized spacial score (nSPS) is 35.7. The zero-order valence-corrected chi connectivity index (χ0v) is 12.9. The molecule has 0 unspecified atom stereocenters. The topological polar surface area (TPSA) is 83.5 Å². The molecule has 3 fully saturated rings. The van der Waals surface area contributed by atoms with E-state index in [1.54, 1.807) is 0 Å². The van der Waals surface area contributed by atoms with Crippen LogP contribution >= 0.6 is 0 Å². The Hall–Kier alpha value is -0.730. The lowest BCUT2D eigenvalue weighted by molar-refractivity contribution is -0.206. The predicted octanol–water partition coefficient (Wildman–Crippen LogP) is 0.728. The molecule has 0 radical (unpaired) electrons. The molecular formula is C15H24O7. The largest absolute Gasteiger partial charge is 0.457 e.